The molecule has 0 aliphatic heterocycles. The molecule has 0 aromatic heterocycles. The molecule has 6 nitrogen and oxygen atoms in total. The number of hydrogen-bond donors (Lipinski definition) is 2. The highest BCUT2D eigenvalue weighted by atomic mass is 79.9. The highest BCUT2D eigenvalue weighted by Gasteiger charge is 2.13. The molecule has 16 heavy (non-hydrogen) atoms. The van der Waals surface area contributed by atoms with Crippen LogP contribution in [0.1, 0.15) is 6.42 Å². The van der Waals surface area contributed by atoms with E-state index in [1.807, 2.05) is 0 Å². The van der Waals surface area contributed by atoms with E-state index in [-0.39, 0.29) is 18.7 Å². The first-order chi connectivity index (χ1) is 7.50. The van der Waals surface area contributed by atoms with E-state index in [1.54, 1.807) is 12.1 Å². The standard InChI is InChI=1S/C9H9BrN2O4/c10-6-1-2-8(12(15)16)7(5-6)11-4-3-9(13)14/h1-2,5,11H,3-4H2,(H,13,14). The van der Waals surface area contributed by atoms with Gasteiger partial charge in [0.15, 0.2) is 0 Å². The van der Waals surface area contributed by atoms with Crippen LogP contribution in [-0.4, -0.2) is 22.5 Å². The lowest BCUT2D eigenvalue weighted by atomic mass is 10.2. The lowest BCUT2D eigenvalue weighted by molar-refractivity contribution is -0.384. The van der Waals surface area contributed by atoms with Crippen LogP contribution in [0.3, 0.4) is 0 Å². The van der Waals surface area contributed by atoms with Crippen LogP contribution in [0, 0.1) is 10.1 Å². The number of nitrogens with one attached hydrogen (secondary N) is 1. The van der Waals surface area contributed by atoms with Crippen LogP contribution in [0.2, 0.25) is 0 Å². The van der Waals surface area contributed by atoms with Gasteiger partial charge >= 0.3 is 5.97 Å². The number of carboxylic acid groups (broad SMARTS) is 1. The molecule has 0 unspecified atom stereocenters. The molecule has 0 saturated heterocycles. The van der Waals surface area contributed by atoms with Crippen LogP contribution in [0.25, 0.3) is 0 Å². The summed E-state index contributed by atoms with van der Waals surface area (Å²) in [5.41, 5.74) is 0.231. The average Bonchev–Trinajstić information content (AvgIpc) is 2.16. The van der Waals surface area contributed by atoms with Crippen molar-refractivity contribution in [2.45, 2.75) is 6.42 Å². The fourth-order valence-corrected chi connectivity index (χ4v) is 1.47. The number of halogens is 1. The van der Waals surface area contributed by atoms with Crippen LogP contribution in [0.15, 0.2) is 22.7 Å². The number of nitro benzene ring substituents is 1. The molecule has 0 fully saturated rings. The molecular formula is C9H9BrN2O4. The van der Waals surface area contributed by atoms with E-state index in [2.05, 4.69) is 21.2 Å². The third-order valence-corrected chi connectivity index (χ3v) is 2.30. The highest BCUT2D eigenvalue weighted by molar-refractivity contribution is 9.10. The van der Waals surface area contributed by atoms with Crippen LogP contribution >= 0.6 is 15.9 Å². The Morgan fingerprint density at radius 2 is 2.25 bits per heavy atom. The highest BCUT2D eigenvalue weighted by Crippen LogP contribution is 2.27. The molecule has 0 spiro atoms. The first kappa shape index (κ1) is 12.4. The summed E-state index contributed by atoms with van der Waals surface area (Å²) in [6, 6.07) is 4.45. The second-order valence-electron chi connectivity index (χ2n) is 2.99. The third-order valence-electron chi connectivity index (χ3n) is 1.81. The maximum absolute atomic E-state index is 10.7. The zero-order valence-electron chi connectivity index (χ0n) is 8.14. The molecule has 1 aromatic carbocycles. The van der Waals surface area contributed by atoms with Gasteiger partial charge in [0, 0.05) is 17.1 Å². The second kappa shape index (κ2) is 5.45. The van der Waals surface area contributed by atoms with Crippen molar-refractivity contribution in [2.24, 2.45) is 0 Å². The Hall–Kier alpha value is -1.63. The molecule has 1 rings (SSSR count). The Kier molecular flexibility index (Phi) is 4.24. The number of aliphatic carboxylic acids is 1. The summed E-state index contributed by atoms with van der Waals surface area (Å²) in [5, 5.41) is 21.8. The van der Waals surface area contributed by atoms with Gasteiger partial charge in [0.25, 0.3) is 5.69 Å². The summed E-state index contributed by atoms with van der Waals surface area (Å²) in [5.74, 6) is -0.954. The van der Waals surface area contributed by atoms with Gasteiger partial charge in [0.1, 0.15) is 5.69 Å². The van der Waals surface area contributed by atoms with Crippen LogP contribution in [-0.2, 0) is 4.79 Å². The molecule has 7 heteroatoms. The van der Waals surface area contributed by atoms with E-state index < -0.39 is 10.9 Å². The quantitative estimate of drug-likeness (QED) is 0.640. The van der Waals surface area contributed by atoms with Crippen molar-refractivity contribution < 1.29 is 14.8 Å². The summed E-state index contributed by atoms with van der Waals surface area (Å²) < 4.78 is 0.691. The molecular weight excluding hydrogens is 280 g/mol. The number of carbonyl (C=O) groups is 1. The van der Waals surface area contributed by atoms with Crippen LogP contribution in [0.4, 0.5) is 11.4 Å². The van der Waals surface area contributed by atoms with Crippen molar-refractivity contribution in [3.05, 3.63) is 32.8 Å². The number of anilines is 1. The summed E-state index contributed by atoms with van der Waals surface area (Å²) in [6.45, 7) is 0.145. The Morgan fingerprint density at radius 3 is 2.81 bits per heavy atom. The second-order valence-corrected chi connectivity index (χ2v) is 3.90. The van der Waals surface area contributed by atoms with E-state index in [0.29, 0.717) is 10.2 Å². The molecule has 1 aromatic rings. The van der Waals surface area contributed by atoms with Gasteiger partial charge in [-0.15, -0.1) is 0 Å². The minimum Gasteiger partial charge on any atom is -0.481 e. The first-order valence-electron chi connectivity index (χ1n) is 4.40. The predicted octanol–water partition coefficient (Wildman–Crippen LogP) is 2.24. The first-order valence-corrected chi connectivity index (χ1v) is 5.19. The maximum atomic E-state index is 10.7. The molecule has 0 radical (unpaired) electrons. The average molecular weight is 289 g/mol. The largest absolute Gasteiger partial charge is 0.481 e. The number of nitro groups is 1. The fraction of sp³-hybridized carbons (Fsp3) is 0.222. The number of carboxylic acids is 1. The smallest absolute Gasteiger partial charge is 0.305 e. The lowest BCUT2D eigenvalue weighted by Crippen LogP contribution is -2.08. The lowest BCUT2D eigenvalue weighted by Gasteiger charge is -2.05. The SMILES string of the molecule is O=C(O)CCNc1cc(Br)ccc1[N+](=O)[O-]. The molecule has 0 amide bonds. The zero-order valence-corrected chi connectivity index (χ0v) is 9.73. The van der Waals surface area contributed by atoms with Crippen molar-refractivity contribution in [3.8, 4) is 0 Å². The van der Waals surface area contributed by atoms with E-state index in [0.717, 1.165) is 0 Å². The van der Waals surface area contributed by atoms with Crippen molar-refractivity contribution in [1.82, 2.24) is 0 Å². The molecule has 0 aliphatic rings. The van der Waals surface area contributed by atoms with Gasteiger partial charge in [-0.05, 0) is 12.1 Å². The minimum absolute atomic E-state index is 0.0754. The summed E-state index contributed by atoms with van der Waals surface area (Å²) in [7, 11) is 0. The predicted molar refractivity (Wildman–Crippen MR) is 61.5 cm³/mol. The van der Waals surface area contributed by atoms with Crippen molar-refractivity contribution in [3.63, 3.8) is 0 Å². The van der Waals surface area contributed by atoms with Crippen LogP contribution < -0.4 is 5.32 Å². The van der Waals surface area contributed by atoms with E-state index in [1.165, 1.54) is 6.07 Å². The fourth-order valence-electron chi connectivity index (χ4n) is 1.11. The Morgan fingerprint density at radius 1 is 1.56 bits per heavy atom. The van der Waals surface area contributed by atoms with E-state index in [9.17, 15) is 14.9 Å². The number of benzene rings is 1. The Bertz CT molecular complexity index is 422. The monoisotopic (exact) mass is 288 g/mol. The summed E-state index contributed by atoms with van der Waals surface area (Å²) >= 11 is 3.19. The molecule has 0 bridgehead atoms. The van der Waals surface area contributed by atoms with Gasteiger partial charge in [0.05, 0.1) is 11.3 Å². The van der Waals surface area contributed by atoms with Gasteiger partial charge in [-0.1, -0.05) is 15.9 Å². The molecule has 0 atom stereocenters. The minimum atomic E-state index is -0.954. The molecule has 0 saturated carbocycles. The van der Waals surface area contributed by atoms with Gasteiger partial charge in [-0.25, -0.2) is 0 Å². The topological polar surface area (TPSA) is 92.5 Å². The van der Waals surface area contributed by atoms with Gasteiger partial charge in [0.2, 0.25) is 0 Å². The number of hydrogen-bond acceptors (Lipinski definition) is 4. The third kappa shape index (κ3) is 3.50. The zero-order chi connectivity index (χ0) is 12.1. The van der Waals surface area contributed by atoms with E-state index >= 15 is 0 Å². The Labute approximate surface area is 99.6 Å². The van der Waals surface area contributed by atoms with Crippen molar-refractivity contribution >= 4 is 33.3 Å². The van der Waals surface area contributed by atoms with Gasteiger partial charge in [-0.2, -0.15) is 0 Å². The molecule has 0 aliphatic carbocycles. The van der Waals surface area contributed by atoms with Gasteiger partial charge < -0.3 is 10.4 Å². The molecule has 2 N–H and O–H groups in total. The normalized spacial score (nSPS) is 9.81. The number of rotatable bonds is 5. The van der Waals surface area contributed by atoms with Crippen molar-refractivity contribution in [1.29, 1.82) is 0 Å². The maximum Gasteiger partial charge on any atom is 0.305 e. The molecule has 86 valence electrons. The van der Waals surface area contributed by atoms with Gasteiger partial charge in [-0.3, -0.25) is 14.9 Å². The number of nitrogens with zero attached hydrogens (tertiary/aromatic N) is 1. The summed E-state index contributed by atoms with van der Waals surface area (Å²) in [6.07, 6.45) is -0.0936. The molecule has 0 heterocycles. The Balaban J connectivity index is 2.80. The summed E-state index contributed by atoms with van der Waals surface area (Å²) in [4.78, 5) is 20.4. The van der Waals surface area contributed by atoms with Crippen LogP contribution in [0.5, 0.6) is 0 Å². The van der Waals surface area contributed by atoms with E-state index in [4.69, 9.17) is 5.11 Å². The van der Waals surface area contributed by atoms with Crippen molar-refractivity contribution in [2.75, 3.05) is 11.9 Å².